The molecule has 0 saturated heterocycles. The average molecular weight is 591 g/mol. The average Bonchev–Trinajstić information content (AvgIpc) is 3.69. The highest BCUT2D eigenvalue weighted by atomic mass is 28.3. The monoisotopic (exact) mass is 590 g/mol. The van der Waals surface area contributed by atoms with Crippen LogP contribution >= 0.6 is 0 Å². The topological polar surface area (TPSA) is 26.0 Å². The van der Waals surface area contributed by atoms with E-state index in [4.69, 9.17) is 9.40 Å². The van der Waals surface area contributed by atoms with Gasteiger partial charge in [0.1, 0.15) is 14.3 Å². The van der Waals surface area contributed by atoms with Crippen LogP contribution in [-0.2, 0) is 0 Å². The van der Waals surface area contributed by atoms with Gasteiger partial charge in [0, 0.05) is 11.1 Å². The fourth-order valence-electron chi connectivity index (χ4n) is 7.11. The van der Waals surface area contributed by atoms with E-state index in [2.05, 4.69) is 164 Å². The number of aromatic nitrogens is 1. The van der Waals surface area contributed by atoms with E-state index >= 15 is 0 Å². The third-order valence-electron chi connectivity index (χ3n) is 9.13. The summed E-state index contributed by atoms with van der Waals surface area (Å²) in [5.41, 5.74) is 10.6. The lowest BCUT2D eigenvalue weighted by Crippen LogP contribution is -2.47. The van der Waals surface area contributed by atoms with E-state index < -0.39 is 8.80 Å². The van der Waals surface area contributed by atoms with Crippen LogP contribution in [0.5, 0.6) is 0 Å². The van der Waals surface area contributed by atoms with E-state index in [0.29, 0.717) is 5.89 Å². The van der Waals surface area contributed by atoms with Crippen LogP contribution in [0.15, 0.2) is 168 Å². The van der Waals surface area contributed by atoms with Crippen molar-refractivity contribution in [1.29, 1.82) is 0 Å². The van der Waals surface area contributed by atoms with E-state index in [1.807, 2.05) is 0 Å². The molecule has 0 saturated carbocycles. The molecule has 1 heterocycles. The summed E-state index contributed by atoms with van der Waals surface area (Å²) in [7, 11) is -1.30. The first-order valence-electron chi connectivity index (χ1n) is 15.4. The van der Waals surface area contributed by atoms with Gasteiger partial charge < -0.3 is 4.42 Å². The standard InChI is InChI=1S/C42H28NOSi/c1-4-13-28(14-5-1)30-24-23-29-15-12-22-36(37(29)27-30)42-43-40-38(44-42)26-25-34-33-20-10-11-21-35(33)41(39(34)40)45(31-16-6-2-7-17-31)32-18-8-3-9-19-32/h1-27,41H. The van der Waals surface area contributed by atoms with Crippen molar-refractivity contribution in [2.24, 2.45) is 0 Å². The van der Waals surface area contributed by atoms with Crippen molar-refractivity contribution in [2.45, 2.75) is 5.54 Å². The van der Waals surface area contributed by atoms with E-state index in [1.54, 1.807) is 0 Å². The molecule has 1 aromatic heterocycles. The van der Waals surface area contributed by atoms with Gasteiger partial charge in [-0.25, -0.2) is 4.98 Å². The van der Waals surface area contributed by atoms with E-state index in [1.165, 1.54) is 49.1 Å². The summed E-state index contributed by atoms with van der Waals surface area (Å²) in [5.74, 6) is 0.664. The largest absolute Gasteiger partial charge is 0.436 e. The Morgan fingerprint density at radius 2 is 1.18 bits per heavy atom. The van der Waals surface area contributed by atoms with Gasteiger partial charge in [-0.15, -0.1) is 0 Å². The SMILES string of the molecule is c1ccc(-c2ccc3cccc(-c4nc5c6c(ccc5o4)-c4ccccc4C6[Si](c4ccccc4)c4ccccc4)c3c2)cc1. The Morgan fingerprint density at radius 1 is 0.511 bits per heavy atom. The van der Waals surface area contributed by atoms with Gasteiger partial charge in [-0.1, -0.05) is 156 Å². The first-order chi connectivity index (χ1) is 22.3. The van der Waals surface area contributed by atoms with Gasteiger partial charge in [0.25, 0.3) is 0 Å². The molecule has 1 aliphatic rings. The lowest BCUT2D eigenvalue weighted by Gasteiger charge is -2.25. The van der Waals surface area contributed by atoms with Crippen LogP contribution in [0.2, 0.25) is 0 Å². The minimum atomic E-state index is -1.30. The van der Waals surface area contributed by atoms with Gasteiger partial charge in [-0.05, 0) is 62.4 Å². The van der Waals surface area contributed by atoms with Crippen molar-refractivity contribution in [3.8, 4) is 33.7 Å². The smallest absolute Gasteiger partial charge is 0.227 e. The molecule has 0 spiro atoms. The second-order valence-corrected chi connectivity index (χ2v) is 14.2. The van der Waals surface area contributed by atoms with Crippen molar-refractivity contribution >= 4 is 41.0 Å². The van der Waals surface area contributed by atoms with Crippen LogP contribution in [-0.4, -0.2) is 13.8 Å². The minimum absolute atomic E-state index is 0.185. The zero-order valence-corrected chi connectivity index (χ0v) is 25.5. The molecule has 1 aliphatic carbocycles. The Kier molecular flexibility index (Phi) is 6.10. The molecule has 7 aromatic carbocycles. The molecule has 1 radical (unpaired) electrons. The molecule has 0 fully saturated rings. The van der Waals surface area contributed by atoms with Crippen molar-refractivity contribution in [1.82, 2.24) is 4.98 Å². The molecule has 9 rings (SSSR count). The highest BCUT2D eigenvalue weighted by Crippen LogP contribution is 2.49. The maximum Gasteiger partial charge on any atom is 0.227 e. The third-order valence-corrected chi connectivity index (χ3v) is 12.2. The minimum Gasteiger partial charge on any atom is -0.436 e. The van der Waals surface area contributed by atoms with Crippen LogP contribution in [0, 0.1) is 0 Å². The normalized spacial score (nSPS) is 13.8. The summed E-state index contributed by atoms with van der Waals surface area (Å²) in [6.07, 6.45) is 0. The Balaban J connectivity index is 1.27. The summed E-state index contributed by atoms with van der Waals surface area (Å²) < 4.78 is 6.67. The molecule has 45 heavy (non-hydrogen) atoms. The van der Waals surface area contributed by atoms with Crippen molar-refractivity contribution in [3.05, 3.63) is 175 Å². The van der Waals surface area contributed by atoms with Crippen LogP contribution in [0.25, 0.3) is 55.6 Å². The molecular formula is C42H28NOSi. The second-order valence-electron chi connectivity index (χ2n) is 11.7. The zero-order valence-electron chi connectivity index (χ0n) is 24.5. The van der Waals surface area contributed by atoms with Crippen molar-refractivity contribution in [2.75, 3.05) is 0 Å². The van der Waals surface area contributed by atoms with Gasteiger partial charge in [0.15, 0.2) is 5.58 Å². The lowest BCUT2D eigenvalue weighted by molar-refractivity contribution is 0.620. The first-order valence-corrected chi connectivity index (χ1v) is 17.0. The van der Waals surface area contributed by atoms with Crippen molar-refractivity contribution < 1.29 is 4.42 Å². The third kappa shape index (κ3) is 4.27. The Labute approximate surface area is 263 Å². The maximum absolute atomic E-state index is 6.67. The van der Waals surface area contributed by atoms with Crippen LogP contribution in [0.4, 0.5) is 0 Å². The van der Waals surface area contributed by atoms with Crippen LogP contribution < -0.4 is 10.4 Å². The van der Waals surface area contributed by atoms with E-state index in [9.17, 15) is 0 Å². The second kappa shape index (κ2) is 10.6. The van der Waals surface area contributed by atoms with Gasteiger partial charge in [0.05, 0.1) is 0 Å². The quantitative estimate of drug-likeness (QED) is 0.187. The molecule has 2 nitrogen and oxygen atoms in total. The van der Waals surface area contributed by atoms with Crippen LogP contribution in [0.1, 0.15) is 16.7 Å². The summed E-state index contributed by atoms with van der Waals surface area (Å²) >= 11 is 0. The Hall–Kier alpha value is -5.51. The molecule has 8 aromatic rings. The Bertz CT molecular complexity index is 2290. The van der Waals surface area contributed by atoms with Gasteiger partial charge in [0.2, 0.25) is 5.89 Å². The molecule has 1 unspecified atom stereocenters. The number of nitrogens with zero attached hydrogens (tertiary/aromatic N) is 1. The summed E-state index contributed by atoms with van der Waals surface area (Å²) in [6, 6.07) is 59.0. The molecule has 0 aliphatic heterocycles. The van der Waals surface area contributed by atoms with Crippen LogP contribution in [0.3, 0.4) is 0 Å². The highest BCUT2D eigenvalue weighted by Gasteiger charge is 2.39. The number of hydrogen-bond acceptors (Lipinski definition) is 2. The Morgan fingerprint density at radius 3 is 1.93 bits per heavy atom. The number of oxazole rings is 1. The summed E-state index contributed by atoms with van der Waals surface area (Å²) in [6.45, 7) is 0. The van der Waals surface area contributed by atoms with Crippen molar-refractivity contribution in [3.63, 3.8) is 0 Å². The summed E-state index contributed by atoms with van der Waals surface area (Å²) in [4.78, 5) is 5.36. The van der Waals surface area contributed by atoms with Gasteiger partial charge >= 0.3 is 0 Å². The maximum atomic E-state index is 6.67. The van der Waals surface area contributed by atoms with E-state index in [-0.39, 0.29) is 5.54 Å². The fourth-order valence-corrected chi connectivity index (χ4v) is 10.4. The number of benzene rings is 7. The number of rotatable bonds is 5. The lowest BCUT2D eigenvalue weighted by atomic mass is 9.98. The molecule has 0 N–H and O–H groups in total. The molecule has 211 valence electrons. The molecule has 3 heteroatoms. The number of hydrogen-bond donors (Lipinski definition) is 0. The fraction of sp³-hybridized carbons (Fsp3) is 0.0238. The molecular weight excluding hydrogens is 563 g/mol. The predicted octanol–water partition coefficient (Wildman–Crippen LogP) is 9.28. The molecule has 1 atom stereocenters. The van der Waals surface area contributed by atoms with Gasteiger partial charge in [-0.2, -0.15) is 0 Å². The zero-order chi connectivity index (χ0) is 29.7. The first kappa shape index (κ1) is 25.9. The molecule has 0 bridgehead atoms. The predicted molar refractivity (Wildman–Crippen MR) is 188 cm³/mol. The van der Waals surface area contributed by atoms with Gasteiger partial charge in [-0.3, -0.25) is 0 Å². The number of fused-ring (bicyclic) bond motifs is 6. The highest BCUT2D eigenvalue weighted by molar-refractivity contribution is 6.87. The molecule has 0 amide bonds. The summed E-state index contributed by atoms with van der Waals surface area (Å²) in [5, 5.41) is 5.10. The van der Waals surface area contributed by atoms with E-state index in [0.717, 1.165) is 22.0 Å².